The first-order chi connectivity index (χ1) is 12.5. The van der Waals surface area contributed by atoms with Crippen molar-refractivity contribution in [2.24, 2.45) is 0 Å². The summed E-state index contributed by atoms with van der Waals surface area (Å²) in [6.07, 6.45) is -0.172. The molecule has 27 heavy (non-hydrogen) atoms. The maximum Gasteiger partial charge on any atom is 0.411 e. The van der Waals surface area contributed by atoms with Crippen LogP contribution in [-0.4, -0.2) is 49.9 Å². The quantitative estimate of drug-likeness (QED) is 0.726. The Labute approximate surface area is 160 Å². The van der Waals surface area contributed by atoms with E-state index in [9.17, 15) is 18.0 Å². The molecule has 7 nitrogen and oxygen atoms in total. The molecule has 1 aromatic rings. The van der Waals surface area contributed by atoms with Crippen LogP contribution in [0.25, 0.3) is 0 Å². The molecular formula is C19H27NO6S. The van der Waals surface area contributed by atoms with Gasteiger partial charge in [0.15, 0.2) is 15.9 Å². The molecule has 0 radical (unpaired) electrons. The predicted octanol–water partition coefficient (Wildman–Crippen LogP) is 2.88. The van der Waals surface area contributed by atoms with Crippen LogP contribution in [0, 0.1) is 0 Å². The van der Waals surface area contributed by atoms with Gasteiger partial charge >= 0.3 is 12.1 Å². The van der Waals surface area contributed by atoms with Crippen molar-refractivity contribution in [1.29, 1.82) is 0 Å². The van der Waals surface area contributed by atoms with E-state index in [1.165, 1.54) is 11.0 Å². The lowest BCUT2D eigenvalue weighted by Crippen LogP contribution is -2.46. The van der Waals surface area contributed by atoms with E-state index < -0.39 is 33.5 Å². The van der Waals surface area contributed by atoms with E-state index in [0.29, 0.717) is 12.0 Å². The third-order valence-corrected chi connectivity index (χ3v) is 5.95. The molecule has 0 aromatic heterocycles. The maximum absolute atomic E-state index is 12.6. The zero-order valence-electron chi connectivity index (χ0n) is 16.4. The van der Waals surface area contributed by atoms with Gasteiger partial charge in [0, 0.05) is 6.54 Å². The summed E-state index contributed by atoms with van der Waals surface area (Å²) in [7, 11) is -3.35. The van der Waals surface area contributed by atoms with Crippen molar-refractivity contribution in [3.8, 4) is 0 Å². The lowest BCUT2D eigenvalue weighted by atomic mass is 9.93. The number of amides is 1. The fourth-order valence-electron chi connectivity index (χ4n) is 2.96. The first-order valence-electron chi connectivity index (χ1n) is 9.02. The number of sulfone groups is 1. The second-order valence-electron chi connectivity index (χ2n) is 7.34. The average Bonchev–Trinajstić information content (AvgIpc) is 2.58. The first kappa shape index (κ1) is 21.2. The van der Waals surface area contributed by atoms with E-state index >= 15 is 0 Å². The number of hydrogen-bond acceptors (Lipinski definition) is 6. The minimum atomic E-state index is -3.35. The lowest BCUT2D eigenvalue weighted by Gasteiger charge is -2.36. The third kappa shape index (κ3) is 4.80. The number of carbonyl (C=O) groups excluding carboxylic acids is 2. The van der Waals surface area contributed by atoms with Crippen molar-refractivity contribution >= 4 is 21.9 Å². The van der Waals surface area contributed by atoms with Crippen LogP contribution in [0.3, 0.4) is 0 Å². The summed E-state index contributed by atoms with van der Waals surface area (Å²) >= 11 is 0. The van der Waals surface area contributed by atoms with Gasteiger partial charge in [0.25, 0.3) is 0 Å². The minimum Gasteiger partial charge on any atom is -0.464 e. The Hall–Kier alpha value is -2.09. The molecule has 1 heterocycles. The van der Waals surface area contributed by atoms with E-state index in [1.54, 1.807) is 46.8 Å². The van der Waals surface area contributed by atoms with Gasteiger partial charge in [-0.2, -0.15) is 0 Å². The Morgan fingerprint density at radius 2 is 1.89 bits per heavy atom. The third-order valence-electron chi connectivity index (χ3n) is 4.22. The largest absolute Gasteiger partial charge is 0.464 e. The van der Waals surface area contributed by atoms with Gasteiger partial charge in [-0.25, -0.2) is 18.0 Å². The average molecular weight is 397 g/mol. The molecule has 8 heteroatoms. The summed E-state index contributed by atoms with van der Waals surface area (Å²) in [5, 5.41) is 0. The monoisotopic (exact) mass is 397 g/mol. The van der Waals surface area contributed by atoms with E-state index in [1.807, 2.05) is 0 Å². The molecule has 0 fully saturated rings. The summed E-state index contributed by atoms with van der Waals surface area (Å²) in [5.74, 6) is -0.563. The molecule has 0 N–H and O–H groups in total. The molecule has 2 rings (SSSR count). The fraction of sp³-hybridized carbons (Fsp3) is 0.579. The van der Waals surface area contributed by atoms with Gasteiger partial charge in [0.1, 0.15) is 5.60 Å². The van der Waals surface area contributed by atoms with Crippen LogP contribution in [0.4, 0.5) is 4.79 Å². The smallest absolute Gasteiger partial charge is 0.411 e. The Morgan fingerprint density at radius 3 is 2.44 bits per heavy atom. The highest BCUT2D eigenvalue weighted by Crippen LogP contribution is 2.33. The van der Waals surface area contributed by atoms with Crippen LogP contribution in [0.1, 0.15) is 51.8 Å². The second-order valence-corrected chi connectivity index (χ2v) is 9.62. The number of esters is 1. The zero-order chi connectivity index (χ0) is 20.4. The van der Waals surface area contributed by atoms with Gasteiger partial charge in [-0.15, -0.1) is 0 Å². The van der Waals surface area contributed by atoms with Gasteiger partial charge in [0.2, 0.25) is 0 Å². The lowest BCUT2D eigenvalue weighted by molar-refractivity contribution is -0.150. The van der Waals surface area contributed by atoms with Gasteiger partial charge in [-0.1, -0.05) is 13.0 Å². The summed E-state index contributed by atoms with van der Waals surface area (Å²) in [4.78, 5) is 26.8. The standard InChI is InChI=1S/C19H27NO6S/c1-6-25-17(21)16-15-9-8-14(27(23,24)7-2)12-13(15)10-11-20(16)18(22)26-19(3,4)5/h8-9,12,16H,6-7,10-11H2,1-5H3. The molecule has 0 saturated heterocycles. The number of ether oxygens (including phenoxy) is 2. The molecule has 150 valence electrons. The molecule has 0 spiro atoms. The summed E-state index contributed by atoms with van der Waals surface area (Å²) in [5.41, 5.74) is 0.596. The summed E-state index contributed by atoms with van der Waals surface area (Å²) < 4.78 is 34.9. The molecule has 1 aromatic carbocycles. The molecule has 1 atom stereocenters. The minimum absolute atomic E-state index is 0.00285. The van der Waals surface area contributed by atoms with E-state index in [-0.39, 0.29) is 23.8 Å². The van der Waals surface area contributed by atoms with Crippen molar-refractivity contribution in [3.63, 3.8) is 0 Å². The molecule has 0 bridgehead atoms. The van der Waals surface area contributed by atoms with Gasteiger partial charge in [0.05, 0.1) is 17.3 Å². The van der Waals surface area contributed by atoms with Crippen molar-refractivity contribution in [3.05, 3.63) is 29.3 Å². The van der Waals surface area contributed by atoms with E-state index in [2.05, 4.69) is 0 Å². The Kier molecular flexibility index (Phi) is 6.19. The topological polar surface area (TPSA) is 90.0 Å². The van der Waals surface area contributed by atoms with E-state index in [4.69, 9.17) is 9.47 Å². The van der Waals surface area contributed by atoms with Crippen LogP contribution < -0.4 is 0 Å². The molecular weight excluding hydrogens is 370 g/mol. The van der Waals surface area contributed by atoms with E-state index in [0.717, 1.165) is 5.56 Å². The summed E-state index contributed by atoms with van der Waals surface area (Å²) in [6.45, 7) is 8.95. The van der Waals surface area contributed by atoms with Crippen molar-refractivity contribution in [1.82, 2.24) is 4.90 Å². The number of hydrogen-bond donors (Lipinski definition) is 0. The normalized spacial score (nSPS) is 17.2. The molecule has 1 unspecified atom stereocenters. The van der Waals surface area contributed by atoms with Crippen molar-refractivity contribution in [2.75, 3.05) is 18.9 Å². The number of fused-ring (bicyclic) bond motifs is 1. The van der Waals surface area contributed by atoms with Gasteiger partial charge < -0.3 is 9.47 Å². The molecule has 1 aliphatic rings. The fourth-order valence-corrected chi connectivity index (χ4v) is 3.89. The van der Waals surface area contributed by atoms with Crippen molar-refractivity contribution < 1.29 is 27.5 Å². The highest BCUT2D eigenvalue weighted by atomic mass is 32.2. The Morgan fingerprint density at radius 1 is 1.22 bits per heavy atom. The van der Waals surface area contributed by atoms with Crippen LogP contribution in [0.15, 0.2) is 23.1 Å². The number of nitrogens with zero attached hydrogens (tertiary/aromatic N) is 1. The van der Waals surface area contributed by atoms with Crippen LogP contribution in [0.5, 0.6) is 0 Å². The molecule has 1 aliphatic heterocycles. The zero-order valence-corrected chi connectivity index (χ0v) is 17.3. The van der Waals surface area contributed by atoms with Gasteiger partial charge in [-0.05, 0) is 57.4 Å². The highest BCUT2D eigenvalue weighted by Gasteiger charge is 2.39. The van der Waals surface area contributed by atoms with Crippen LogP contribution in [-0.2, 0) is 30.5 Å². The SMILES string of the molecule is CCOC(=O)C1c2ccc(S(=O)(=O)CC)cc2CCN1C(=O)OC(C)(C)C. The molecule has 0 aliphatic carbocycles. The molecule has 0 saturated carbocycles. The van der Waals surface area contributed by atoms with Crippen molar-refractivity contribution in [2.45, 2.75) is 57.6 Å². The second kappa shape index (κ2) is 7.88. The predicted molar refractivity (Wildman–Crippen MR) is 100 cm³/mol. The van der Waals surface area contributed by atoms with Crippen LogP contribution in [0.2, 0.25) is 0 Å². The highest BCUT2D eigenvalue weighted by molar-refractivity contribution is 7.91. The van der Waals surface area contributed by atoms with Gasteiger partial charge in [-0.3, -0.25) is 4.90 Å². The summed E-state index contributed by atoms with van der Waals surface area (Å²) in [6, 6.07) is 3.70. The number of rotatable bonds is 4. The molecule has 1 amide bonds. The first-order valence-corrected chi connectivity index (χ1v) is 10.7. The Balaban J connectivity index is 2.46. The van der Waals surface area contributed by atoms with Crippen LogP contribution >= 0.6 is 0 Å². The number of carbonyl (C=O) groups is 2. The Bertz CT molecular complexity index is 825. The maximum atomic E-state index is 12.6. The number of benzene rings is 1.